The van der Waals surface area contributed by atoms with Gasteiger partial charge in [0.25, 0.3) is 0 Å². The first-order valence-corrected chi connectivity index (χ1v) is 24.3. The number of fused-ring (bicyclic) bond motifs is 5. The molecule has 4 fully saturated rings. The summed E-state index contributed by atoms with van der Waals surface area (Å²) in [6.45, 7) is 26.2. The molecule has 0 aliphatic heterocycles. The van der Waals surface area contributed by atoms with Gasteiger partial charge in [0.05, 0.1) is 12.2 Å². The third-order valence-corrected chi connectivity index (χ3v) is 14.9. The van der Waals surface area contributed by atoms with E-state index >= 15 is 0 Å². The second-order valence-corrected chi connectivity index (χ2v) is 23.1. The van der Waals surface area contributed by atoms with E-state index in [2.05, 4.69) is 31.4 Å². The summed E-state index contributed by atoms with van der Waals surface area (Å²) in [6.07, 6.45) is 10.1. The molecule has 0 unspecified atom stereocenters. The van der Waals surface area contributed by atoms with Crippen molar-refractivity contribution in [2.75, 3.05) is 39.3 Å². The molecule has 4 aliphatic rings. The van der Waals surface area contributed by atoms with Gasteiger partial charge in [0.2, 0.25) is 5.91 Å². The van der Waals surface area contributed by atoms with Gasteiger partial charge in [-0.1, -0.05) is 20.8 Å². The van der Waals surface area contributed by atoms with Crippen LogP contribution in [-0.2, 0) is 19.0 Å². The number of hydrogen-bond acceptors (Lipinski definition) is 9. The molecule has 4 N–H and O–H groups in total. The highest BCUT2D eigenvalue weighted by atomic mass is 16.6. The van der Waals surface area contributed by atoms with Gasteiger partial charge in [-0.3, -0.25) is 4.79 Å². The zero-order valence-corrected chi connectivity index (χ0v) is 40.9. The second-order valence-electron chi connectivity index (χ2n) is 23.1. The number of hydrogen-bond donors (Lipinski definition) is 4. The van der Waals surface area contributed by atoms with Crippen LogP contribution in [0.5, 0.6) is 0 Å². The molecule has 0 aromatic carbocycles. The summed E-state index contributed by atoms with van der Waals surface area (Å²) in [5.74, 6) is 2.77. The van der Waals surface area contributed by atoms with Crippen LogP contribution in [0.4, 0.5) is 14.4 Å². The smallest absolute Gasteiger partial charge is 0.410 e. The lowest BCUT2D eigenvalue weighted by molar-refractivity contribution is -0.174. The molecule has 358 valence electrons. The minimum absolute atomic E-state index is 0.0359. The molecule has 4 rings (SSSR count). The quantitative estimate of drug-likeness (QED) is 0.0824. The maximum atomic E-state index is 13.3. The number of alkyl carbamates (subject to hydrolysis) is 1. The second kappa shape index (κ2) is 21.5. The van der Waals surface area contributed by atoms with Crippen LogP contribution in [0.15, 0.2) is 0 Å². The van der Waals surface area contributed by atoms with Crippen molar-refractivity contribution in [1.29, 1.82) is 0 Å². The molecule has 0 radical (unpaired) electrons. The van der Waals surface area contributed by atoms with E-state index in [1.807, 2.05) is 41.5 Å². The molecule has 0 saturated heterocycles. The van der Waals surface area contributed by atoms with Crippen molar-refractivity contribution < 1.29 is 43.6 Å². The Bertz CT molecular complexity index is 1490. The van der Waals surface area contributed by atoms with Gasteiger partial charge in [0.15, 0.2) is 0 Å². The highest BCUT2D eigenvalue weighted by molar-refractivity contribution is 5.75. The first-order chi connectivity index (χ1) is 28.7. The molecule has 4 saturated carbocycles. The van der Waals surface area contributed by atoms with Crippen molar-refractivity contribution in [2.24, 2.45) is 46.3 Å². The van der Waals surface area contributed by atoms with Crippen molar-refractivity contribution >= 4 is 24.2 Å². The number of carbonyl (C=O) groups is 4. The highest BCUT2D eigenvalue weighted by Gasteiger charge is 2.62. The molecule has 0 bridgehead atoms. The first kappa shape index (κ1) is 51.8. The lowest BCUT2D eigenvalue weighted by atomic mass is 9.43. The van der Waals surface area contributed by atoms with Gasteiger partial charge < -0.3 is 44.9 Å². The van der Waals surface area contributed by atoms with E-state index in [-0.39, 0.29) is 28.9 Å². The van der Waals surface area contributed by atoms with Crippen molar-refractivity contribution in [2.45, 2.75) is 202 Å². The Hall–Kier alpha value is -2.80. The Morgan fingerprint density at radius 2 is 1.16 bits per heavy atom. The average Bonchev–Trinajstić information content (AvgIpc) is 3.49. The Morgan fingerprint density at radius 3 is 1.71 bits per heavy atom. The number of nitrogens with one attached hydrogen (secondary N) is 2. The van der Waals surface area contributed by atoms with Crippen molar-refractivity contribution in [3.05, 3.63) is 0 Å². The van der Waals surface area contributed by atoms with Gasteiger partial charge in [-0.2, -0.15) is 0 Å². The molecule has 0 aromatic heterocycles. The van der Waals surface area contributed by atoms with Crippen LogP contribution in [0.1, 0.15) is 173 Å². The largest absolute Gasteiger partial charge is 0.444 e. The minimum Gasteiger partial charge on any atom is -0.444 e. The van der Waals surface area contributed by atoms with E-state index in [9.17, 15) is 29.4 Å². The maximum Gasteiger partial charge on any atom is 0.410 e. The van der Waals surface area contributed by atoms with E-state index in [4.69, 9.17) is 14.2 Å². The average molecular weight is 877 g/mol. The van der Waals surface area contributed by atoms with Crippen LogP contribution in [-0.4, -0.2) is 112 Å². The van der Waals surface area contributed by atoms with Crippen LogP contribution in [0, 0.1) is 46.3 Å². The number of aliphatic hydroxyl groups excluding tert-OH is 2. The molecule has 4 amide bonds. The fourth-order valence-corrected chi connectivity index (χ4v) is 11.9. The molecule has 0 aromatic rings. The molecular weight excluding hydrogens is 789 g/mol. The minimum atomic E-state index is -0.659. The van der Waals surface area contributed by atoms with Crippen molar-refractivity contribution in [3.63, 3.8) is 0 Å². The zero-order valence-electron chi connectivity index (χ0n) is 40.9. The fourth-order valence-electron chi connectivity index (χ4n) is 11.9. The monoisotopic (exact) mass is 877 g/mol. The molecule has 0 heterocycles. The molecule has 13 heteroatoms. The summed E-state index contributed by atoms with van der Waals surface area (Å²) in [5.41, 5.74) is -1.52. The molecule has 0 spiro atoms. The third kappa shape index (κ3) is 14.6. The number of aliphatic hydroxyl groups is 2. The standard InChI is InChI=1S/C49H88N4O9/c1-33(36-18-19-37-41-38(22-24-49(36,37)12)48(11)23-21-35(54)31-34(48)32-39(41)55)17-20-40(56)50-25-15-29-52(43(58)61-46(5,6)7)27-13-14-28-53(44(59)62-47(8,9)10)30-16-26-51-42(57)60-45(2,3)4/h33-39,41,54-55H,13-32H2,1-12H3,(H,50,56)(H,51,57)/t33-,34+,35-,36-,37+,38+,39-,41+,48+,49-/m1/s1. The highest BCUT2D eigenvalue weighted by Crippen LogP contribution is 2.68. The summed E-state index contributed by atoms with van der Waals surface area (Å²) >= 11 is 0. The van der Waals surface area contributed by atoms with E-state index in [1.54, 1.807) is 30.6 Å². The molecule has 4 aliphatic carbocycles. The van der Waals surface area contributed by atoms with Crippen LogP contribution < -0.4 is 10.6 Å². The lowest BCUT2D eigenvalue weighted by Crippen LogP contribution is -2.58. The number of nitrogens with zero attached hydrogens (tertiary/aromatic N) is 2. The van der Waals surface area contributed by atoms with Crippen molar-refractivity contribution in [1.82, 2.24) is 20.4 Å². The summed E-state index contributed by atoms with van der Waals surface area (Å²) in [6, 6.07) is 0. The summed E-state index contributed by atoms with van der Waals surface area (Å²) in [7, 11) is 0. The Kier molecular flexibility index (Phi) is 17.9. The molecular formula is C49H88N4O9. The lowest BCUT2D eigenvalue weighted by Gasteiger charge is -2.62. The van der Waals surface area contributed by atoms with Crippen LogP contribution >= 0.6 is 0 Å². The van der Waals surface area contributed by atoms with Gasteiger partial charge in [-0.25, -0.2) is 14.4 Å². The van der Waals surface area contributed by atoms with Crippen LogP contribution in [0.25, 0.3) is 0 Å². The molecule has 13 nitrogen and oxygen atoms in total. The number of unbranched alkanes of at least 4 members (excludes halogenated alkanes) is 1. The van der Waals surface area contributed by atoms with Gasteiger partial charge in [-0.15, -0.1) is 0 Å². The Labute approximate surface area is 374 Å². The number of carbonyl (C=O) groups excluding carboxylic acids is 4. The van der Waals surface area contributed by atoms with Gasteiger partial charge >= 0.3 is 18.3 Å². The Morgan fingerprint density at radius 1 is 0.661 bits per heavy atom. The normalized spacial score (nSPS) is 30.2. The summed E-state index contributed by atoms with van der Waals surface area (Å²) in [4.78, 5) is 55.0. The maximum absolute atomic E-state index is 13.3. The third-order valence-electron chi connectivity index (χ3n) is 14.9. The summed E-state index contributed by atoms with van der Waals surface area (Å²) in [5, 5.41) is 27.9. The molecule has 10 atom stereocenters. The predicted octanol–water partition coefficient (Wildman–Crippen LogP) is 9.07. The predicted molar refractivity (Wildman–Crippen MR) is 242 cm³/mol. The van der Waals surface area contributed by atoms with Crippen LogP contribution in [0.2, 0.25) is 0 Å². The van der Waals surface area contributed by atoms with E-state index in [0.717, 1.165) is 51.4 Å². The van der Waals surface area contributed by atoms with E-state index in [0.29, 0.717) is 107 Å². The molecule has 62 heavy (non-hydrogen) atoms. The summed E-state index contributed by atoms with van der Waals surface area (Å²) < 4.78 is 16.7. The van der Waals surface area contributed by atoms with Gasteiger partial charge in [0.1, 0.15) is 16.8 Å². The van der Waals surface area contributed by atoms with Crippen LogP contribution in [0.3, 0.4) is 0 Å². The first-order valence-electron chi connectivity index (χ1n) is 24.3. The van der Waals surface area contributed by atoms with Crippen molar-refractivity contribution in [3.8, 4) is 0 Å². The Balaban J connectivity index is 1.22. The number of ether oxygens (including phenoxy) is 3. The number of rotatable bonds is 17. The van der Waals surface area contributed by atoms with E-state index in [1.165, 1.54) is 6.42 Å². The van der Waals surface area contributed by atoms with E-state index < -0.39 is 35.1 Å². The zero-order chi connectivity index (χ0) is 46.3. The number of amides is 4. The van der Waals surface area contributed by atoms with Gasteiger partial charge in [-0.05, 0) is 192 Å². The fraction of sp³-hybridized carbons (Fsp3) is 0.918. The topological polar surface area (TPSA) is 167 Å². The SMILES string of the molecule is C[C@H](CCC(=O)NCCCN(CCCCN(CCCNC(=O)OC(C)(C)C)C(=O)OC(C)(C)C)C(=O)OC(C)(C)C)[C@H]1CC[C@H]2[C@@H]3[C@H](O)C[C@@H]4C[C@H](O)CC[C@]4(C)[C@H]3CC[C@]12C. The van der Waals surface area contributed by atoms with Gasteiger partial charge in [0, 0.05) is 45.7 Å².